The van der Waals surface area contributed by atoms with Crippen molar-refractivity contribution in [3.05, 3.63) is 53.1 Å². The Balaban J connectivity index is 1.67. The second-order valence-electron chi connectivity index (χ2n) is 11.2. The number of amides is 1. The van der Waals surface area contributed by atoms with Crippen LogP contribution in [0, 0.1) is 11.3 Å². The zero-order valence-corrected chi connectivity index (χ0v) is 23.2. The third-order valence-electron chi connectivity index (χ3n) is 7.76. The molecule has 8 heteroatoms. The molecule has 2 fully saturated rings. The predicted octanol–water partition coefficient (Wildman–Crippen LogP) is 1.41. The topological polar surface area (TPSA) is 92.6 Å². The Morgan fingerprint density at radius 1 is 1.13 bits per heavy atom. The summed E-state index contributed by atoms with van der Waals surface area (Å²) in [5.74, 6) is -1.00. The number of hydrogen-bond donors (Lipinski definition) is 1. The number of nitrogens with one attached hydrogen (secondary N) is 1. The van der Waals surface area contributed by atoms with Crippen molar-refractivity contribution in [3.8, 4) is 11.5 Å². The van der Waals surface area contributed by atoms with Gasteiger partial charge in [-0.25, -0.2) is 0 Å². The molecule has 1 aliphatic carbocycles. The van der Waals surface area contributed by atoms with Gasteiger partial charge in [-0.05, 0) is 35.1 Å². The van der Waals surface area contributed by atoms with Gasteiger partial charge in [0.05, 0.1) is 40.0 Å². The lowest BCUT2D eigenvalue weighted by molar-refractivity contribution is -0.908. The summed E-state index contributed by atoms with van der Waals surface area (Å²) in [6, 6.07) is 4.22. The van der Waals surface area contributed by atoms with Gasteiger partial charge in [0.2, 0.25) is 5.78 Å². The van der Waals surface area contributed by atoms with Gasteiger partial charge in [0.1, 0.15) is 13.1 Å². The summed E-state index contributed by atoms with van der Waals surface area (Å²) in [6.45, 7) is 11.2. The van der Waals surface area contributed by atoms with E-state index in [9.17, 15) is 14.7 Å². The average molecular weight is 525 g/mol. The Bertz CT molecular complexity index is 1140. The smallest absolute Gasteiger partial charge is 0.295 e. The van der Waals surface area contributed by atoms with E-state index in [1.807, 2.05) is 0 Å². The van der Waals surface area contributed by atoms with Gasteiger partial charge in [-0.2, -0.15) is 0 Å². The second kappa shape index (κ2) is 11.7. The number of benzene rings is 1. The highest BCUT2D eigenvalue weighted by molar-refractivity contribution is 6.46. The number of rotatable bonds is 8. The molecule has 206 valence electrons. The molecule has 2 atom stereocenters. The Labute approximate surface area is 225 Å². The van der Waals surface area contributed by atoms with E-state index in [1.54, 1.807) is 23.1 Å². The van der Waals surface area contributed by atoms with Gasteiger partial charge in [-0.3, -0.25) is 9.59 Å². The van der Waals surface area contributed by atoms with Crippen LogP contribution in [-0.4, -0.2) is 76.2 Å². The highest BCUT2D eigenvalue weighted by Gasteiger charge is 2.46. The summed E-state index contributed by atoms with van der Waals surface area (Å²) in [7, 11) is 3.02. The molecule has 1 aromatic carbocycles. The number of morpholine rings is 1. The van der Waals surface area contributed by atoms with E-state index in [1.165, 1.54) is 24.7 Å². The van der Waals surface area contributed by atoms with E-state index < -0.39 is 23.5 Å². The minimum atomic E-state index is -0.701. The minimum absolute atomic E-state index is 0.00851. The molecule has 2 aliphatic heterocycles. The number of allylic oxidation sites excluding steroid dienone is 3. The van der Waals surface area contributed by atoms with E-state index in [2.05, 4.69) is 39.0 Å². The number of quaternary nitrogens is 1. The van der Waals surface area contributed by atoms with Crippen LogP contribution in [0.25, 0.3) is 5.76 Å². The van der Waals surface area contributed by atoms with Crippen LogP contribution in [0.5, 0.6) is 11.5 Å². The van der Waals surface area contributed by atoms with Crippen molar-refractivity contribution >= 4 is 17.4 Å². The highest BCUT2D eigenvalue weighted by atomic mass is 16.5. The molecule has 1 amide bonds. The number of likely N-dealkylation sites (tertiary alicyclic amines) is 1. The van der Waals surface area contributed by atoms with Crippen LogP contribution in [0.1, 0.15) is 39.2 Å². The maximum absolute atomic E-state index is 13.8. The molecule has 2 heterocycles. The third kappa shape index (κ3) is 5.81. The van der Waals surface area contributed by atoms with E-state index >= 15 is 0 Å². The van der Waals surface area contributed by atoms with Gasteiger partial charge in [0, 0.05) is 24.5 Å². The van der Waals surface area contributed by atoms with Crippen LogP contribution in [0.2, 0.25) is 0 Å². The van der Waals surface area contributed by atoms with E-state index in [4.69, 9.17) is 14.2 Å². The van der Waals surface area contributed by atoms with Crippen molar-refractivity contribution in [2.24, 2.45) is 11.3 Å². The summed E-state index contributed by atoms with van der Waals surface area (Å²) in [5, 5.41) is 13.8. The molecule has 38 heavy (non-hydrogen) atoms. The van der Waals surface area contributed by atoms with Crippen LogP contribution >= 0.6 is 0 Å². The second-order valence-corrected chi connectivity index (χ2v) is 11.2. The van der Waals surface area contributed by atoms with Gasteiger partial charge >= 0.3 is 0 Å². The monoisotopic (exact) mass is 524 g/mol. The molecule has 2 saturated heterocycles. The highest BCUT2D eigenvalue weighted by Crippen LogP contribution is 2.39. The van der Waals surface area contributed by atoms with Crippen LogP contribution in [-0.2, 0) is 14.3 Å². The fourth-order valence-corrected chi connectivity index (χ4v) is 5.56. The summed E-state index contributed by atoms with van der Waals surface area (Å²) in [4.78, 5) is 29.8. The van der Waals surface area contributed by atoms with E-state index in [-0.39, 0.29) is 16.9 Å². The summed E-state index contributed by atoms with van der Waals surface area (Å²) in [6.07, 6.45) is 7.73. The van der Waals surface area contributed by atoms with Gasteiger partial charge in [-0.15, -0.1) is 0 Å². The predicted molar refractivity (Wildman–Crippen MR) is 143 cm³/mol. The van der Waals surface area contributed by atoms with Gasteiger partial charge < -0.3 is 29.1 Å². The van der Waals surface area contributed by atoms with Crippen molar-refractivity contribution in [2.75, 3.05) is 53.6 Å². The van der Waals surface area contributed by atoms with Crippen molar-refractivity contribution < 1.29 is 33.8 Å². The number of hydrogen-bond acceptors (Lipinski definition) is 6. The van der Waals surface area contributed by atoms with Crippen molar-refractivity contribution in [2.45, 2.75) is 39.7 Å². The molecule has 0 aromatic heterocycles. The van der Waals surface area contributed by atoms with Gasteiger partial charge in [0.15, 0.2) is 11.5 Å². The molecule has 4 rings (SSSR count). The molecule has 0 spiro atoms. The number of carbonyl (C=O) groups is 2. The van der Waals surface area contributed by atoms with Crippen molar-refractivity contribution in [3.63, 3.8) is 0 Å². The first-order valence-corrected chi connectivity index (χ1v) is 13.4. The largest absolute Gasteiger partial charge is 0.872 e. The summed E-state index contributed by atoms with van der Waals surface area (Å²) >= 11 is 0. The fraction of sp³-hybridized carbons (Fsp3) is 0.533. The molecule has 1 aromatic rings. The molecule has 1 N–H and O–H groups in total. The first-order chi connectivity index (χ1) is 18.2. The van der Waals surface area contributed by atoms with E-state index in [0.29, 0.717) is 30.0 Å². The maximum Gasteiger partial charge on any atom is 0.295 e. The molecule has 0 bridgehead atoms. The molecule has 0 saturated carbocycles. The van der Waals surface area contributed by atoms with E-state index in [0.717, 1.165) is 39.3 Å². The number of methoxy groups -OCH3 is 2. The fourth-order valence-electron chi connectivity index (χ4n) is 5.56. The Hall–Kier alpha value is -3.10. The minimum Gasteiger partial charge on any atom is -0.872 e. The Morgan fingerprint density at radius 3 is 2.45 bits per heavy atom. The molecular weight excluding hydrogens is 484 g/mol. The van der Waals surface area contributed by atoms with Gasteiger partial charge in [-0.1, -0.05) is 50.8 Å². The number of Topliss-reactive ketones (excluding diaryl/α,β-unsaturated/α-hetero) is 1. The van der Waals surface area contributed by atoms with Crippen LogP contribution in [0.3, 0.4) is 0 Å². The number of nitrogens with zero attached hydrogens (tertiary/aromatic N) is 1. The quantitative estimate of drug-likeness (QED) is 0.314. The summed E-state index contributed by atoms with van der Waals surface area (Å²) < 4.78 is 16.1. The van der Waals surface area contributed by atoms with Crippen LogP contribution in [0.4, 0.5) is 0 Å². The molecule has 0 radical (unpaired) electrons. The molecule has 3 aliphatic rings. The SMILES string of the molecule is COc1ccc(C([O-])=C2C(=O)C(=O)N(CCC[NH+]3CCOCC3)C2C2C=CC(C(C)(C)C)=CC2)cc1OC. The standard InChI is InChI=1S/C30H40N2O6/c1-30(2,3)22-10-7-20(8-11-22)26-25(27(33)21-9-12-23(36-4)24(19-21)37-5)28(34)29(35)32(26)14-6-13-31-15-17-38-18-16-31/h7,9-12,19-20,26,33H,6,8,13-18H2,1-5H3. The van der Waals surface area contributed by atoms with Crippen LogP contribution < -0.4 is 19.5 Å². The third-order valence-corrected chi connectivity index (χ3v) is 7.76. The number of ketones is 1. The molecule has 2 unspecified atom stereocenters. The Kier molecular flexibility index (Phi) is 8.63. The lowest BCUT2D eigenvalue weighted by Gasteiger charge is -2.34. The molecular formula is C30H40N2O6. The zero-order chi connectivity index (χ0) is 27.4. The lowest BCUT2D eigenvalue weighted by atomic mass is 9.78. The number of ether oxygens (including phenoxy) is 3. The average Bonchev–Trinajstić information content (AvgIpc) is 3.17. The summed E-state index contributed by atoms with van der Waals surface area (Å²) in [5.41, 5.74) is 1.54. The normalized spacial score (nSPS) is 24.0. The van der Waals surface area contributed by atoms with Crippen LogP contribution in [0.15, 0.2) is 47.6 Å². The first kappa shape index (κ1) is 27.9. The van der Waals surface area contributed by atoms with Crippen molar-refractivity contribution in [1.29, 1.82) is 0 Å². The Morgan fingerprint density at radius 2 is 1.84 bits per heavy atom. The zero-order valence-electron chi connectivity index (χ0n) is 23.2. The molecule has 8 nitrogen and oxygen atoms in total. The number of carbonyl (C=O) groups excluding carboxylic acids is 2. The first-order valence-electron chi connectivity index (χ1n) is 13.4. The maximum atomic E-state index is 13.8. The van der Waals surface area contributed by atoms with Crippen molar-refractivity contribution in [1.82, 2.24) is 4.90 Å². The van der Waals surface area contributed by atoms with Gasteiger partial charge in [0.25, 0.3) is 5.91 Å². The lowest BCUT2D eigenvalue weighted by Crippen LogP contribution is -3.14.